The van der Waals surface area contributed by atoms with E-state index in [-0.39, 0.29) is 48.2 Å². The predicted molar refractivity (Wildman–Crippen MR) is 120 cm³/mol. The van der Waals surface area contributed by atoms with Gasteiger partial charge in [0.15, 0.2) is 0 Å². The molecule has 0 radical (unpaired) electrons. The van der Waals surface area contributed by atoms with Gasteiger partial charge in [0.2, 0.25) is 0 Å². The monoisotopic (exact) mass is 482 g/mol. The van der Waals surface area contributed by atoms with E-state index in [4.69, 9.17) is 9.47 Å². The Kier molecular flexibility index (Phi) is 5.70. The van der Waals surface area contributed by atoms with Crippen LogP contribution in [0.25, 0.3) is 0 Å². The molecule has 1 aromatic heterocycles. The average Bonchev–Trinajstić information content (AvgIpc) is 3.34. The second-order valence-electron chi connectivity index (χ2n) is 8.65. The summed E-state index contributed by atoms with van der Waals surface area (Å²) in [5.74, 6) is 1.32. The number of rotatable bonds is 7. The fourth-order valence-electron chi connectivity index (χ4n) is 4.54. The van der Waals surface area contributed by atoms with E-state index in [1.54, 1.807) is 18.2 Å². The molecule has 1 saturated carbocycles. The third kappa shape index (κ3) is 4.71. The number of Topliss-reactive ketones (excluding diaryl/α,β-unsaturated/α-hetero) is 1. The Balaban J connectivity index is 1.23. The van der Waals surface area contributed by atoms with Crippen molar-refractivity contribution in [2.24, 2.45) is 5.92 Å². The van der Waals surface area contributed by atoms with Crippen molar-refractivity contribution in [2.75, 3.05) is 7.05 Å². The molecule has 2 heterocycles. The molecule has 6 nitrogen and oxygen atoms in total. The highest BCUT2D eigenvalue weighted by Gasteiger charge is 2.59. The maximum absolute atomic E-state index is 12.9. The largest absolute Gasteiger partial charge is 0.489 e. The van der Waals surface area contributed by atoms with E-state index in [1.165, 1.54) is 31.4 Å². The highest BCUT2D eigenvalue weighted by atomic mass is 19.4. The van der Waals surface area contributed by atoms with Gasteiger partial charge in [-0.25, -0.2) is 0 Å². The molecule has 0 bridgehead atoms. The summed E-state index contributed by atoms with van der Waals surface area (Å²) in [6, 6.07) is 13.5. The zero-order chi connectivity index (χ0) is 24.7. The van der Waals surface area contributed by atoms with Crippen LogP contribution in [0.2, 0.25) is 0 Å². The first-order valence-electron chi connectivity index (χ1n) is 11.1. The van der Waals surface area contributed by atoms with Gasteiger partial charge in [0.1, 0.15) is 34.8 Å². The van der Waals surface area contributed by atoms with Crippen LogP contribution in [0.15, 0.2) is 60.8 Å². The first-order chi connectivity index (χ1) is 16.7. The molecule has 1 amide bonds. The Labute approximate surface area is 199 Å². The van der Waals surface area contributed by atoms with Crippen LogP contribution in [-0.4, -0.2) is 29.8 Å². The molecule has 2 aromatic carbocycles. The maximum atomic E-state index is 12.9. The lowest BCUT2D eigenvalue weighted by Crippen LogP contribution is -2.18. The molecule has 35 heavy (non-hydrogen) atoms. The number of halogens is 3. The smallest absolute Gasteiger partial charge is 0.416 e. The molecule has 3 atom stereocenters. The number of carbonyl (C=O) groups excluding carboxylic acids is 2. The number of aromatic nitrogens is 1. The Morgan fingerprint density at radius 2 is 1.89 bits per heavy atom. The fourth-order valence-corrected chi connectivity index (χ4v) is 4.54. The van der Waals surface area contributed by atoms with E-state index >= 15 is 0 Å². The number of pyridine rings is 1. The van der Waals surface area contributed by atoms with Crippen LogP contribution >= 0.6 is 0 Å². The highest BCUT2D eigenvalue weighted by molar-refractivity contribution is 5.92. The summed E-state index contributed by atoms with van der Waals surface area (Å²) in [5, 5.41) is 2.51. The van der Waals surface area contributed by atoms with Gasteiger partial charge in [0.05, 0.1) is 5.56 Å². The molecule has 180 valence electrons. The molecule has 9 heteroatoms. The van der Waals surface area contributed by atoms with Crippen molar-refractivity contribution >= 4 is 11.7 Å². The number of ketones is 1. The molecule has 1 aliphatic carbocycles. The number of hydrogen-bond acceptors (Lipinski definition) is 5. The second-order valence-corrected chi connectivity index (χ2v) is 8.65. The van der Waals surface area contributed by atoms with Gasteiger partial charge in [-0.15, -0.1) is 0 Å². The van der Waals surface area contributed by atoms with Crippen LogP contribution in [0, 0.1) is 5.92 Å². The van der Waals surface area contributed by atoms with E-state index in [9.17, 15) is 22.8 Å². The lowest BCUT2D eigenvalue weighted by atomic mass is 10.0. The minimum absolute atomic E-state index is 0.0168. The molecule has 1 fully saturated rings. The quantitative estimate of drug-likeness (QED) is 0.517. The van der Waals surface area contributed by atoms with Crippen molar-refractivity contribution in [3.05, 3.63) is 83.2 Å². The molecule has 0 saturated heterocycles. The fraction of sp³-hybridized carbons (Fsp3) is 0.269. The van der Waals surface area contributed by atoms with Gasteiger partial charge in [-0.05, 0) is 35.9 Å². The van der Waals surface area contributed by atoms with E-state index in [0.717, 1.165) is 23.4 Å². The minimum Gasteiger partial charge on any atom is -0.489 e. The zero-order valence-corrected chi connectivity index (χ0v) is 18.6. The van der Waals surface area contributed by atoms with Crippen LogP contribution in [0.5, 0.6) is 17.2 Å². The number of hydrogen-bond donors (Lipinski definition) is 1. The molecule has 3 aromatic rings. The molecular formula is C26H21F3N2O4. The average molecular weight is 482 g/mol. The van der Waals surface area contributed by atoms with Gasteiger partial charge in [-0.3, -0.25) is 14.6 Å². The Morgan fingerprint density at radius 1 is 1.09 bits per heavy atom. The number of nitrogens with one attached hydrogen (secondary N) is 1. The lowest BCUT2D eigenvalue weighted by molar-refractivity contribution is -0.137. The van der Waals surface area contributed by atoms with Gasteiger partial charge >= 0.3 is 6.18 Å². The molecule has 0 spiro atoms. The molecular weight excluding hydrogens is 461 g/mol. The third-order valence-electron chi connectivity index (χ3n) is 6.25. The molecule has 1 aliphatic heterocycles. The van der Waals surface area contributed by atoms with Crippen molar-refractivity contribution in [2.45, 2.75) is 31.0 Å². The van der Waals surface area contributed by atoms with Crippen LogP contribution < -0.4 is 14.8 Å². The van der Waals surface area contributed by atoms with Gasteiger partial charge in [-0.1, -0.05) is 18.2 Å². The number of ether oxygens (including phenoxy) is 2. The van der Waals surface area contributed by atoms with Gasteiger partial charge in [0, 0.05) is 49.6 Å². The van der Waals surface area contributed by atoms with E-state index in [1.807, 2.05) is 6.07 Å². The van der Waals surface area contributed by atoms with E-state index in [2.05, 4.69) is 10.3 Å². The summed E-state index contributed by atoms with van der Waals surface area (Å²) in [6.45, 7) is 0. The standard InChI is InChI=1S/C26H21F3N2O4/c1-30-25(33)21-13-18(7-8-31-21)34-17-5-6-22-19(12-17)23-20(24(23)35-22)11-16(32)10-14-3-2-4-15(9-14)26(27,28)29/h2-9,12-13,20,23-24H,10-11H2,1H3,(H,30,33)/t20-,23-,24+/m0/s1. The summed E-state index contributed by atoms with van der Waals surface area (Å²) in [5.41, 5.74) is 0.759. The van der Waals surface area contributed by atoms with Crippen molar-refractivity contribution in [3.8, 4) is 17.2 Å². The predicted octanol–water partition coefficient (Wildman–Crippen LogP) is 4.93. The summed E-state index contributed by atoms with van der Waals surface area (Å²) in [7, 11) is 1.52. The summed E-state index contributed by atoms with van der Waals surface area (Å²) < 4.78 is 50.7. The van der Waals surface area contributed by atoms with Crippen molar-refractivity contribution in [1.29, 1.82) is 0 Å². The number of amides is 1. The van der Waals surface area contributed by atoms with Crippen LogP contribution in [0.3, 0.4) is 0 Å². The van der Waals surface area contributed by atoms with Gasteiger partial charge in [0.25, 0.3) is 5.91 Å². The number of nitrogens with zero attached hydrogens (tertiary/aromatic N) is 1. The SMILES string of the molecule is CNC(=O)c1cc(Oc2ccc3c(c2)[C@H]2[C@H](CC(=O)Cc4cccc(C(F)(F)F)c4)[C@H]2O3)ccn1. The lowest BCUT2D eigenvalue weighted by Gasteiger charge is -2.12. The number of benzene rings is 2. The molecule has 2 aliphatic rings. The molecule has 1 N–H and O–H groups in total. The normalized spacial score (nSPS) is 19.8. The minimum atomic E-state index is -4.44. The first kappa shape index (κ1) is 22.9. The van der Waals surface area contributed by atoms with Crippen LogP contribution in [0.1, 0.15) is 39.5 Å². The summed E-state index contributed by atoms with van der Waals surface area (Å²) in [6.07, 6.45) is -2.89. The number of alkyl halides is 3. The molecule has 5 rings (SSSR count). The van der Waals surface area contributed by atoms with E-state index < -0.39 is 11.7 Å². The van der Waals surface area contributed by atoms with Crippen molar-refractivity contribution in [3.63, 3.8) is 0 Å². The second kappa shape index (κ2) is 8.72. The third-order valence-corrected chi connectivity index (χ3v) is 6.25. The highest BCUT2D eigenvalue weighted by Crippen LogP contribution is 2.60. The van der Waals surface area contributed by atoms with Crippen molar-refractivity contribution < 1.29 is 32.2 Å². The molecule has 0 unspecified atom stereocenters. The Bertz CT molecular complexity index is 1310. The van der Waals surface area contributed by atoms with Crippen molar-refractivity contribution in [1.82, 2.24) is 10.3 Å². The number of carbonyl (C=O) groups is 2. The van der Waals surface area contributed by atoms with Gasteiger partial charge in [-0.2, -0.15) is 13.2 Å². The Morgan fingerprint density at radius 3 is 2.66 bits per heavy atom. The van der Waals surface area contributed by atoms with Crippen LogP contribution in [-0.2, 0) is 17.4 Å². The topological polar surface area (TPSA) is 77.5 Å². The zero-order valence-electron chi connectivity index (χ0n) is 18.6. The maximum Gasteiger partial charge on any atom is 0.416 e. The van der Waals surface area contributed by atoms with Crippen LogP contribution in [0.4, 0.5) is 13.2 Å². The first-order valence-corrected chi connectivity index (χ1v) is 11.1. The van der Waals surface area contributed by atoms with Gasteiger partial charge < -0.3 is 14.8 Å². The summed E-state index contributed by atoms with van der Waals surface area (Å²) in [4.78, 5) is 28.4. The number of fused-ring (bicyclic) bond motifs is 3. The Hall–Kier alpha value is -3.88. The van der Waals surface area contributed by atoms with E-state index in [0.29, 0.717) is 17.1 Å². The summed E-state index contributed by atoms with van der Waals surface area (Å²) >= 11 is 0.